The van der Waals surface area contributed by atoms with Crippen LogP contribution in [0, 0.1) is 5.92 Å². The lowest BCUT2D eigenvalue weighted by Crippen LogP contribution is -2.31. The maximum absolute atomic E-state index is 12.4. The van der Waals surface area contributed by atoms with E-state index in [9.17, 15) is 13.2 Å². The molecule has 0 aromatic heterocycles. The maximum Gasteiger partial charge on any atom is 0.251 e. The van der Waals surface area contributed by atoms with Gasteiger partial charge >= 0.3 is 0 Å². The van der Waals surface area contributed by atoms with Crippen LogP contribution in [-0.2, 0) is 10.0 Å². The predicted octanol–water partition coefficient (Wildman–Crippen LogP) is 2.16. The van der Waals surface area contributed by atoms with Gasteiger partial charge in [0.2, 0.25) is 10.0 Å². The summed E-state index contributed by atoms with van der Waals surface area (Å²) in [6.07, 6.45) is 0.863. The molecule has 0 fully saturated rings. The third-order valence-electron chi connectivity index (χ3n) is 3.11. The molecule has 7 heteroatoms. The second kappa shape index (κ2) is 8.31. The quantitative estimate of drug-likeness (QED) is 0.758. The zero-order valence-corrected chi connectivity index (χ0v) is 15.2. The fourth-order valence-electron chi connectivity index (χ4n) is 1.98. The van der Waals surface area contributed by atoms with E-state index in [4.69, 9.17) is 4.74 Å². The van der Waals surface area contributed by atoms with Crippen molar-refractivity contribution in [3.05, 3.63) is 23.8 Å². The van der Waals surface area contributed by atoms with E-state index < -0.39 is 10.0 Å². The van der Waals surface area contributed by atoms with Crippen LogP contribution in [0.1, 0.15) is 44.5 Å². The molecule has 0 aliphatic carbocycles. The molecule has 6 nitrogen and oxygen atoms in total. The average Bonchev–Trinajstić information content (AvgIpc) is 2.44. The van der Waals surface area contributed by atoms with Crippen LogP contribution in [0.15, 0.2) is 23.1 Å². The van der Waals surface area contributed by atoms with Gasteiger partial charge in [0.1, 0.15) is 10.6 Å². The van der Waals surface area contributed by atoms with E-state index in [0.29, 0.717) is 18.0 Å². The van der Waals surface area contributed by atoms with Crippen LogP contribution >= 0.6 is 0 Å². The van der Waals surface area contributed by atoms with Crippen molar-refractivity contribution in [2.45, 2.75) is 45.1 Å². The molecule has 1 amide bonds. The zero-order chi connectivity index (χ0) is 17.6. The molecule has 0 atom stereocenters. The minimum atomic E-state index is -3.75. The van der Waals surface area contributed by atoms with E-state index in [-0.39, 0.29) is 22.6 Å². The maximum atomic E-state index is 12.4. The first-order valence-electron chi connectivity index (χ1n) is 7.66. The molecule has 0 heterocycles. The van der Waals surface area contributed by atoms with Gasteiger partial charge in [0.25, 0.3) is 5.91 Å². The molecule has 130 valence electrons. The largest absolute Gasteiger partial charge is 0.495 e. The second-order valence-corrected chi connectivity index (χ2v) is 7.76. The number of hydrogen-bond acceptors (Lipinski definition) is 4. The minimum absolute atomic E-state index is 0.0368. The number of carbonyl (C=O) groups excluding carboxylic acids is 1. The Labute approximate surface area is 138 Å². The van der Waals surface area contributed by atoms with Gasteiger partial charge in [0.15, 0.2) is 0 Å². The Morgan fingerprint density at radius 1 is 1.22 bits per heavy atom. The third-order valence-corrected chi connectivity index (χ3v) is 4.79. The van der Waals surface area contributed by atoms with Crippen LogP contribution in [0.3, 0.4) is 0 Å². The summed E-state index contributed by atoms with van der Waals surface area (Å²) < 4.78 is 32.4. The highest BCUT2D eigenvalue weighted by molar-refractivity contribution is 7.89. The van der Waals surface area contributed by atoms with Gasteiger partial charge in [-0.1, -0.05) is 13.8 Å². The van der Waals surface area contributed by atoms with Gasteiger partial charge in [0, 0.05) is 18.2 Å². The van der Waals surface area contributed by atoms with E-state index in [2.05, 4.69) is 23.9 Å². The Balaban J connectivity index is 3.05. The molecule has 0 aliphatic heterocycles. The molecule has 0 saturated heterocycles. The minimum Gasteiger partial charge on any atom is -0.495 e. The Morgan fingerprint density at radius 2 is 1.87 bits per heavy atom. The van der Waals surface area contributed by atoms with E-state index in [1.165, 1.54) is 19.2 Å². The predicted molar refractivity (Wildman–Crippen MR) is 90.2 cm³/mol. The lowest BCUT2D eigenvalue weighted by molar-refractivity contribution is 0.0951. The van der Waals surface area contributed by atoms with Crippen molar-refractivity contribution in [1.82, 2.24) is 10.0 Å². The second-order valence-electron chi connectivity index (χ2n) is 6.08. The fourth-order valence-corrected chi connectivity index (χ4v) is 3.42. The molecule has 0 bridgehead atoms. The third kappa shape index (κ3) is 5.84. The number of carbonyl (C=O) groups is 1. The van der Waals surface area contributed by atoms with Crippen molar-refractivity contribution in [3.8, 4) is 5.75 Å². The van der Waals surface area contributed by atoms with Crippen molar-refractivity contribution < 1.29 is 17.9 Å². The van der Waals surface area contributed by atoms with Crippen LogP contribution in [0.25, 0.3) is 0 Å². The molecule has 1 aromatic rings. The monoisotopic (exact) mass is 342 g/mol. The smallest absolute Gasteiger partial charge is 0.251 e. The highest BCUT2D eigenvalue weighted by Crippen LogP contribution is 2.25. The van der Waals surface area contributed by atoms with Crippen LogP contribution in [0.5, 0.6) is 5.75 Å². The standard InChI is InChI=1S/C16H26N2O4S/c1-11(2)8-9-17-16(19)13-6-7-14(22-5)15(10-13)23(20,21)18-12(3)4/h6-7,10-12,18H,8-9H2,1-5H3,(H,17,19). The topological polar surface area (TPSA) is 84.5 Å². The number of sulfonamides is 1. The Hall–Kier alpha value is -1.60. The first-order valence-corrected chi connectivity index (χ1v) is 9.14. The molecule has 23 heavy (non-hydrogen) atoms. The summed E-state index contributed by atoms with van der Waals surface area (Å²) in [7, 11) is -2.35. The van der Waals surface area contributed by atoms with E-state index in [0.717, 1.165) is 6.42 Å². The number of benzene rings is 1. The van der Waals surface area contributed by atoms with Crippen molar-refractivity contribution in [3.63, 3.8) is 0 Å². The van der Waals surface area contributed by atoms with Crippen molar-refractivity contribution in [2.75, 3.05) is 13.7 Å². The van der Waals surface area contributed by atoms with Crippen LogP contribution in [-0.4, -0.2) is 34.0 Å². The summed E-state index contributed by atoms with van der Waals surface area (Å²) in [4.78, 5) is 12.1. The molecule has 1 rings (SSSR count). The number of rotatable bonds is 8. The van der Waals surface area contributed by atoms with Gasteiger partial charge in [-0.3, -0.25) is 4.79 Å². The molecule has 0 spiro atoms. The molecule has 0 unspecified atom stereocenters. The summed E-state index contributed by atoms with van der Waals surface area (Å²) in [5.74, 6) is 0.392. The average molecular weight is 342 g/mol. The summed E-state index contributed by atoms with van der Waals surface area (Å²) in [6, 6.07) is 4.13. The van der Waals surface area contributed by atoms with Gasteiger partial charge in [0.05, 0.1) is 7.11 Å². The summed E-state index contributed by atoms with van der Waals surface area (Å²) in [5.41, 5.74) is 0.290. The summed E-state index contributed by atoms with van der Waals surface area (Å²) in [6.45, 7) is 8.15. The number of methoxy groups -OCH3 is 1. The Kier molecular flexibility index (Phi) is 7.02. The van der Waals surface area contributed by atoms with Crippen molar-refractivity contribution in [2.24, 2.45) is 5.92 Å². The van der Waals surface area contributed by atoms with Crippen molar-refractivity contribution in [1.29, 1.82) is 0 Å². The van der Waals surface area contributed by atoms with E-state index in [1.54, 1.807) is 19.9 Å². The van der Waals surface area contributed by atoms with Crippen LogP contribution in [0.4, 0.5) is 0 Å². The first-order chi connectivity index (χ1) is 10.7. The van der Waals surface area contributed by atoms with Crippen molar-refractivity contribution >= 4 is 15.9 Å². The van der Waals surface area contributed by atoms with Gasteiger partial charge in [-0.05, 0) is 44.4 Å². The summed E-state index contributed by atoms with van der Waals surface area (Å²) in [5, 5.41) is 2.79. The van der Waals surface area contributed by atoms with E-state index in [1.807, 2.05) is 0 Å². The lowest BCUT2D eigenvalue weighted by atomic mass is 10.1. The van der Waals surface area contributed by atoms with Crippen LogP contribution < -0.4 is 14.8 Å². The molecule has 0 aliphatic rings. The lowest BCUT2D eigenvalue weighted by Gasteiger charge is -2.14. The van der Waals surface area contributed by atoms with Gasteiger partial charge in [-0.15, -0.1) is 0 Å². The van der Waals surface area contributed by atoms with Gasteiger partial charge in [-0.25, -0.2) is 13.1 Å². The van der Waals surface area contributed by atoms with Gasteiger partial charge in [-0.2, -0.15) is 0 Å². The zero-order valence-electron chi connectivity index (χ0n) is 14.3. The van der Waals surface area contributed by atoms with Crippen LogP contribution in [0.2, 0.25) is 0 Å². The fraction of sp³-hybridized carbons (Fsp3) is 0.562. The van der Waals surface area contributed by atoms with Gasteiger partial charge < -0.3 is 10.1 Å². The first kappa shape index (κ1) is 19.4. The normalized spacial score (nSPS) is 11.8. The highest BCUT2D eigenvalue weighted by Gasteiger charge is 2.22. The number of hydrogen-bond donors (Lipinski definition) is 2. The molecular weight excluding hydrogens is 316 g/mol. The molecule has 1 aromatic carbocycles. The molecule has 2 N–H and O–H groups in total. The number of ether oxygens (including phenoxy) is 1. The number of amides is 1. The molecular formula is C16H26N2O4S. The summed E-state index contributed by atoms with van der Waals surface area (Å²) >= 11 is 0. The Morgan fingerprint density at radius 3 is 2.39 bits per heavy atom. The van der Waals surface area contributed by atoms with E-state index >= 15 is 0 Å². The Bertz CT molecular complexity index is 639. The molecule has 0 saturated carbocycles. The highest BCUT2D eigenvalue weighted by atomic mass is 32.2. The number of nitrogens with one attached hydrogen (secondary N) is 2. The SMILES string of the molecule is COc1ccc(C(=O)NCCC(C)C)cc1S(=O)(=O)NC(C)C. The molecule has 0 radical (unpaired) electrons.